The van der Waals surface area contributed by atoms with E-state index in [-0.39, 0.29) is 24.5 Å². The van der Waals surface area contributed by atoms with Gasteiger partial charge in [-0.2, -0.15) is 0 Å². The van der Waals surface area contributed by atoms with Gasteiger partial charge in [0.1, 0.15) is 0 Å². The highest BCUT2D eigenvalue weighted by Gasteiger charge is 2.18. The first-order chi connectivity index (χ1) is 8.95. The third-order valence-electron chi connectivity index (χ3n) is 2.20. The molecule has 8 nitrogen and oxygen atoms in total. The van der Waals surface area contributed by atoms with Crippen LogP contribution in [0.1, 0.15) is 0 Å². The topological polar surface area (TPSA) is 120 Å². The van der Waals surface area contributed by atoms with Crippen LogP contribution in [0.3, 0.4) is 0 Å². The summed E-state index contributed by atoms with van der Waals surface area (Å²) in [5.74, 6) is -0.844. The number of hydrogen-bond acceptors (Lipinski definition) is 5. The maximum atomic E-state index is 13.6. The van der Waals surface area contributed by atoms with E-state index in [0.717, 1.165) is 6.07 Å². The van der Waals surface area contributed by atoms with E-state index in [1.165, 1.54) is 13.2 Å². The second kappa shape index (κ2) is 6.38. The molecule has 0 aliphatic rings. The molecule has 0 saturated carbocycles. The Hall–Kier alpha value is -2.58. The number of nitro benzene ring substituents is 1. The molecule has 0 unspecified atom stereocenters. The summed E-state index contributed by atoms with van der Waals surface area (Å²) in [4.78, 5) is 20.3. The lowest BCUT2D eigenvalue weighted by Gasteiger charge is -2.09. The summed E-state index contributed by atoms with van der Waals surface area (Å²) < 4.78 is 18.4. The first-order valence-corrected chi connectivity index (χ1v) is 5.24. The molecule has 0 aromatic heterocycles. The summed E-state index contributed by atoms with van der Waals surface area (Å²) in [6.45, 7) is 0.398. The van der Waals surface area contributed by atoms with Crippen molar-refractivity contribution >= 4 is 17.4 Å². The van der Waals surface area contributed by atoms with Crippen LogP contribution in [0.15, 0.2) is 12.1 Å². The van der Waals surface area contributed by atoms with Crippen LogP contribution in [0.5, 0.6) is 5.75 Å². The number of urea groups is 1. The number of nitrogens with zero attached hydrogens (tertiary/aromatic N) is 1. The normalized spacial score (nSPS) is 9.79. The van der Waals surface area contributed by atoms with Gasteiger partial charge < -0.3 is 21.1 Å². The van der Waals surface area contributed by atoms with Gasteiger partial charge >= 0.3 is 11.7 Å². The van der Waals surface area contributed by atoms with Gasteiger partial charge in [0.25, 0.3) is 0 Å². The number of nitrogens with two attached hydrogens (primary N) is 1. The fourth-order valence-corrected chi connectivity index (χ4v) is 1.37. The first kappa shape index (κ1) is 14.5. The average Bonchev–Trinajstić information content (AvgIpc) is 2.35. The van der Waals surface area contributed by atoms with E-state index in [1.54, 1.807) is 0 Å². The van der Waals surface area contributed by atoms with Crippen LogP contribution < -0.4 is 21.1 Å². The molecular weight excluding hydrogens is 259 g/mol. The first-order valence-electron chi connectivity index (χ1n) is 5.24. The van der Waals surface area contributed by atoms with Crippen molar-refractivity contribution in [1.82, 2.24) is 5.32 Å². The highest BCUT2D eigenvalue weighted by atomic mass is 19.1. The van der Waals surface area contributed by atoms with Crippen LogP contribution >= 0.6 is 0 Å². The minimum absolute atomic E-state index is 0.0359. The number of rotatable bonds is 6. The molecule has 9 heteroatoms. The quantitative estimate of drug-likeness (QED) is 0.402. The summed E-state index contributed by atoms with van der Waals surface area (Å²) in [6.07, 6.45) is 0. The zero-order chi connectivity index (χ0) is 14.4. The molecule has 1 aromatic rings. The maximum absolute atomic E-state index is 13.6. The van der Waals surface area contributed by atoms with Crippen LogP contribution in [0.25, 0.3) is 0 Å². The lowest BCUT2D eigenvalue weighted by molar-refractivity contribution is -0.385. The third-order valence-corrected chi connectivity index (χ3v) is 2.20. The Morgan fingerprint density at radius 2 is 2.21 bits per heavy atom. The van der Waals surface area contributed by atoms with Gasteiger partial charge in [-0.1, -0.05) is 0 Å². The molecule has 1 rings (SSSR count). The van der Waals surface area contributed by atoms with Crippen LogP contribution in [0, 0.1) is 15.9 Å². The van der Waals surface area contributed by atoms with E-state index >= 15 is 0 Å². The number of amides is 2. The van der Waals surface area contributed by atoms with Crippen molar-refractivity contribution in [3.8, 4) is 5.75 Å². The number of hydrogen-bond donors (Lipinski definition) is 3. The maximum Gasteiger partial charge on any atom is 0.313 e. The summed E-state index contributed by atoms with van der Waals surface area (Å²) in [5.41, 5.74) is 4.43. The molecule has 0 bridgehead atoms. The summed E-state index contributed by atoms with van der Waals surface area (Å²) >= 11 is 0. The van der Waals surface area contributed by atoms with Gasteiger partial charge in [0.15, 0.2) is 11.6 Å². The number of carbonyl (C=O) groups is 1. The van der Waals surface area contributed by atoms with Gasteiger partial charge in [-0.25, -0.2) is 9.18 Å². The standard InChI is InChI=1S/C10H13FN4O4/c1-19-9-5-7(13-2-3-14-10(12)16)6(11)4-8(9)15(17)18/h4-5,13H,2-3H2,1H3,(H3,12,14,16). The largest absolute Gasteiger partial charge is 0.490 e. The van der Waals surface area contributed by atoms with E-state index in [2.05, 4.69) is 10.6 Å². The molecule has 0 fully saturated rings. The lowest BCUT2D eigenvalue weighted by atomic mass is 10.2. The minimum Gasteiger partial charge on any atom is -0.490 e. The molecule has 4 N–H and O–H groups in total. The van der Waals surface area contributed by atoms with E-state index in [1.807, 2.05) is 0 Å². The Balaban J connectivity index is 2.79. The van der Waals surface area contributed by atoms with Crippen LogP contribution in [-0.4, -0.2) is 31.2 Å². The smallest absolute Gasteiger partial charge is 0.313 e. The van der Waals surface area contributed by atoms with Gasteiger partial charge in [0, 0.05) is 19.2 Å². The molecule has 19 heavy (non-hydrogen) atoms. The van der Waals surface area contributed by atoms with Crippen molar-refractivity contribution in [1.29, 1.82) is 0 Å². The summed E-state index contributed by atoms with van der Waals surface area (Å²) in [7, 11) is 1.25. The number of ether oxygens (including phenoxy) is 1. The second-order valence-corrected chi connectivity index (χ2v) is 3.48. The monoisotopic (exact) mass is 272 g/mol. The second-order valence-electron chi connectivity index (χ2n) is 3.48. The number of benzene rings is 1. The van der Waals surface area contributed by atoms with Gasteiger partial charge in [-0.3, -0.25) is 10.1 Å². The van der Waals surface area contributed by atoms with Gasteiger partial charge in [0.05, 0.1) is 23.8 Å². The van der Waals surface area contributed by atoms with Gasteiger partial charge in [0.2, 0.25) is 0 Å². The third kappa shape index (κ3) is 3.98. The van der Waals surface area contributed by atoms with E-state index in [9.17, 15) is 19.3 Å². The highest BCUT2D eigenvalue weighted by Crippen LogP contribution is 2.32. The molecule has 0 heterocycles. The van der Waals surface area contributed by atoms with Crippen molar-refractivity contribution in [2.24, 2.45) is 5.73 Å². The number of anilines is 1. The fraction of sp³-hybridized carbons (Fsp3) is 0.300. The molecule has 0 atom stereocenters. The van der Waals surface area contributed by atoms with Gasteiger partial charge in [-0.05, 0) is 0 Å². The van der Waals surface area contributed by atoms with Crippen molar-refractivity contribution < 1.29 is 18.8 Å². The number of halogens is 1. The van der Waals surface area contributed by atoms with Crippen LogP contribution in [0.4, 0.5) is 20.6 Å². The van der Waals surface area contributed by atoms with Crippen LogP contribution in [0.2, 0.25) is 0 Å². The molecular formula is C10H13FN4O4. The number of primary amides is 1. The molecule has 2 amide bonds. The SMILES string of the molecule is COc1cc(NCCNC(N)=O)c(F)cc1[N+](=O)[O-]. The van der Waals surface area contributed by atoms with Crippen molar-refractivity contribution in [3.63, 3.8) is 0 Å². The van der Waals surface area contributed by atoms with E-state index in [0.29, 0.717) is 0 Å². The number of nitro groups is 1. The van der Waals surface area contributed by atoms with Crippen molar-refractivity contribution in [2.45, 2.75) is 0 Å². The number of carbonyl (C=O) groups excluding carboxylic acids is 1. The average molecular weight is 272 g/mol. The minimum atomic E-state index is -0.786. The summed E-state index contributed by atoms with van der Waals surface area (Å²) in [5, 5.41) is 15.6. The fourth-order valence-electron chi connectivity index (χ4n) is 1.37. The Morgan fingerprint density at radius 1 is 1.53 bits per heavy atom. The predicted molar refractivity (Wildman–Crippen MR) is 65.7 cm³/mol. The lowest BCUT2D eigenvalue weighted by Crippen LogP contribution is -2.33. The van der Waals surface area contributed by atoms with Crippen molar-refractivity contribution in [2.75, 3.05) is 25.5 Å². The van der Waals surface area contributed by atoms with Crippen molar-refractivity contribution in [3.05, 3.63) is 28.1 Å². The molecule has 0 spiro atoms. The molecule has 0 aliphatic heterocycles. The Kier molecular flexibility index (Phi) is 4.86. The Morgan fingerprint density at radius 3 is 2.74 bits per heavy atom. The molecule has 0 aliphatic carbocycles. The van der Waals surface area contributed by atoms with E-state index in [4.69, 9.17) is 10.5 Å². The molecule has 0 saturated heterocycles. The van der Waals surface area contributed by atoms with Gasteiger partial charge in [-0.15, -0.1) is 0 Å². The highest BCUT2D eigenvalue weighted by molar-refractivity contribution is 5.71. The number of methoxy groups -OCH3 is 1. The molecule has 0 radical (unpaired) electrons. The molecule has 104 valence electrons. The van der Waals surface area contributed by atoms with E-state index < -0.39 is 22.5 Å². The Bertz CT molecular complexity index is 495. The van der Waals surface area contributed by atoms with Crippen LogP contribution in [-0.2, 0) is 0 Å². The number of nitrogens with one attached hydrogen (secondary N) is 2. The zero-order valence-corrected chi connectivity index (χ0v) is 10.1. The predicted octanol–water partition coefficient (Wildman–Crippen LogP) is 0.823. The zero-order valence-electron chi connectivity index (χ0n) is 10.1. The molecule has 1 aromatic carbocycles. The Labute approximate surface area is 107 Å². The summed E-state index contributed by atoms with van der Waals surface area (Å²) in [6, 6.07) is 1.25.